The molecule has 0 saturated carbocycles. The average Bonchev–Trinajstić information content (AvgIpc) is 2.50. The van der Waals surface area contributed by atoms with Gasteiger partial charge in [0, 0.05) is 37.5 Å². The van der Waals surface area contributed by atoms with Crippen LogP contribution in [-0.2, 0) is 13.1 Å². The van der Waals surface area contributed by atoms with Gasteiger partial charge in [0.1, 0.15) is 0 Å². The largest absolute Gasteiger partial charge is 0.503 e. The fourth-order valence-electron chi connectivity index (χ4n) is 3.12. The van der Waals surface area contributed by atoms with Crippen LogP contribution in [0.15, 0.2) is 17.1 Å². The lowest BCUT2D eigenvalue weighted by Crippen LogP contribution is -2.37. The quantitative estimate of drug-likeness (QED) is 0.757. The molecule has 0 amide bonds. The second-order valence-electron chi connectivity index (χ2n) is 6.31. The molecule has 124 valence electrons. The van der Waals surface area contributed by atoms with Gasteiger partial charge in [-0.3, -0.25) is 9.69 Å². The molecule has 0 bridgehead atoms. The molecule has 1 aromatic heterocycles. The number of hydrogen-bond donors (Lipinski definition) is 2. The molecule has 1 aliphatic rings. The highest BCUT2D eigenvalue weighted by Crippen LogP contribution is 2.19. The molecular formula is C17H28N2O3. The van der Waals surface area contributed by atoms with Crippen LogP contribution in [0.1, 0.15) is 51.1 Å². The van der Waals surface area contributed by atoms with Crippen molar-refractivity contribution in [3.05, 3.63) is 28.2 Å². The number of aliphatic hydroxyl groups excluding tert-OH is 1. The number of hydrogen-bond acceptors (Lipinski definition) is 4. The number of pyridine rings is 1. The monoisotopic (exact) mass is 308 g/mol. The van der Waals surface area contributed by atoms with Crippen molar-refractivity contribution in [3.8, 4) is 5.75 Å². The Morgan fingerprint density at radius 1 is 1.27 bits per heavy atom. The van der Waals surface area contributed by atoms with Crippen molar-refractivity contribution in [2.75, 3.05) is 13.2 Å². The van der Waals surface area contributed by atoms with Crippen LogP contribution in [0.4, 0.5) is 0 Å². The summed E-state index contributed by atoms with van der Waals surface area (Å²) in [7, 11) is 0. The van der Waals surface area contributed by atoms with Gasteiger partial charge in [-0.25, -0.2) is 0 Å². The molecule has 22 heavy (non-hydrogen) atoms. The Morgan fingerprint density at radius 2 is 2.09 bits per heavy atom. The smallest absolute Gasteiger partial charge is 0.223 e. The topological polar surface area (TPSA) is 65.7 Å². The van der Waals surface area contributed by atoms with E-state index in [0.29, 0.717) is 6.04 Å². The fraction of sp³-hybridized carbons (Fsp3) is 0.706. The summed E-state index contributed by atoms with van der Waals surface area (Å²) in [6.07, 6.45) is 7.94. The molecule has 5 heteroatoms. The summed E-state index contributed by atoms with van der Waals surface area (Å²) in [5.74, 6) is -0.183. The van der Waals surface area contributed by atoms with Gasteiger partial charge in [-0.2, -0.15) is 0 Å². The van der Waals surface area contributed by atoms with Gasteiger partial charge in [0.25, 0.3) is 0 Å². The van der Waals surface area contributed by atoms with E-state index in [9.17, 15) is 9.90 Å². The fourth-order valence-corrected chi connectivity index (χ4v) is 3.12. The molecule has 0 radical (unpaired) electrons. The third-order valence-corrected chi connectivity index (χ3v) is 4.56. The van der Waals surface area contributed by atoms with Gasteiger partial charge in [0.15, 0.2) is 5.75 Å². The summed E-state index contributed by atoms with van der Waals surface area (Å²) in [5.41, 5.74) is 0.673. The van der Waals surface area contributed by atoms with Gasteiger partial charge < -0.3 is 14.8 Å². The zero-order chi connectivity index (χ0) is 15.9. The minimum atomic E-state index is -0.300. The molecule has 2 N–H and O–H groups in total. The number of piperidine rings is 1. The van der Waals surface area contributed by atoms with Crippen molar-refractivity contribution >= 4 is 0 Å². The highest BCUT2D eigenvalue weighted by atomic mass is 16.3. The summed E-state index contributed by atoms with van der Waals surface area (Å²) >= 11 is 0. The third-order valence-electron chi connectivity index (χ3n) is 4.56. The number of likely N-dealkylation sites (tertiary alicyclic amines) is 1. The van der Waals surface area contributed by atoms with Gasteiger partial charge in [-0.05, 0) is 45.6 Å². The zero-order valence-electron chi connectivity index (χ0n) is 13.5. The van der Waals surface area contributed by atoms with Crippen LogP contribution in [0.2, 0.25) is 0 Å². The van der Waals surface area contributed by atoms with E-state index >= 15 is 0 Å². The minimum absolute atomic E-state index is 0.183. The second kappa shape index (κ2) is 8.34. The Bertz CT molecular complexity index is 527. The molecule has 1 atom stereocenters. The van der Waals surface area contributed by atoms with E-state index < -0.39 is 0 Å². The van der Waals surface area contributed by atoms with Crippen molar-refractivity contribution in [1.82, 2.24) is 9.47 Å². The van der Waals surface area contributed by atoms with Gasteiger partial charge in [-0.15, -0.1) is 0 Å². The van der Waals surface area contributed by atoms with Gasteiger partial charge in [0.2, 0.25) is 5.43 Å². The molecule has 1 fully saturated rings. The molecular weight excluding hydrogens is 280 g/mol. The van der Waals surface area contributed by atoms with E-state index in [1.54, 1.807) is 12.3 Å². The van der Waals surface area contributed by atoms with E-state index in [2.05, 4.69) is 11.8 Å². The molecule has 1 saturated heterocycles. The highest BCUT2D eigenvalue weighted by molar-refractivity contribution is 5.20. The summed E-state index contributed by atoms with van der Waals surface area (Å²) in [4.78, 5) is 14.2. The summed E-state index contributed by atoms with van der Waals surface area (Å²) in [5, 5.41) is 18.5. The number of unbranched alkanes of at least 4 members (excludes halogenated alkanes) is 2. The number of rotatable bonds is 7. The predicted octanol–water partition coefficient (Wildman–Crippen LogP) is 2.09. The lowest BCUT2D eigenvalue weighted by Gasteiger charge is -2.34. The van der Waals surface area contributed by atoms with Crippen LogP contribution in [0.5, 0.6) is 5.75 Å². The molecule has 0 aromatic carbocycles. The number of aromatic hydroxyl groups is 1. The molecule has 2 heterocycles. The zero-order valence-corrected chi connectivity index (χ0v) is 13.5. The summed E-state index contributed by atoms with van der Waals surface area (Å²) < 4.78 is 2.00. The molecule has 0 aliphatic carbocycles. The molecule has 1 aliphatic heterocycles. The molecule has 1 aromatic rings. The lowest BCUT2D eigenvalue weighted by atomic mass is 10.0. The van der Waals surface area contributed by atoms with Crippen LogP contribution in [-0.4, -0.2) is 38.9 Å². The first-order chi connectivity index (χ1) is 10.6. The predicted molar refractivity (Wildman–Crippen MR) is 87.0 cm³/mol. The van der Waals surface area contributed by atoms with Crippen LogP contribution in [0.25, 0.3) is 0 Å². The van der Waals surface area contributed by atoms with Crippen LogP contribution in [0.3, 0.4) is 0 Å². The van der Waals surface area contributed by atoms with Crippen LogP contribution in [0, 0.1) is 0 Å². The first kappa shape index (κ1) is 17.0. The van der Waals surface area contributed by atoms with Gasteiger partial charge in [0.05, 0.1) is 6.20 Å². The van der Waals surface area contributed by atoms with E-state index in [1.807, 2.05) is 4.57 Å². The van der Waals surface area contributed by atoms with E-state index in [1.165, 1.54) is 19.3 Å². The first-order valence-corrected chi connectivity index (χ1v) is 8.39. The molecule has 2 rings (SSSR count). The molecule has 1 unspecified atom stereocenters. The Kier molecular flexibility index (Phi) is 6.46. The van der Waals surface area contributed by atoms with Crippen molar-refractivity contribution in [2.45, 2.75) is 64.6 Å². The van der Waals surface area contributed by atoms with Crippen LogP contribution >= 0.6 is 0 Å². The Balaban J connectivity index is 2.09. The number of aryl methyl sites for hydroxylation is 1. The molecule has 0 spiro atoms. The lowest BCUT2D eigenvalue weighted by molar-refractivity contribution is 0.148. The normalized spacial score (nSPS) is 19.5. The standard InChI is InChI=1S/C17H28N2O3/c1-14-7-3-5-8-18(14)12-15-11-16(21)17(22)13-19(15)9-4-2-6-10-20/h11,13-14,20,22H,2-10,12H2,1H3. The molecule has 5 nitrogen and oxygen atoms in total. The minimum Gasteiger partial charge on any atom is -0.503 e. The van der Waals surface area contributed by atoms with Crippen molar-refractivity contribution in [3.63, 3.8) is 0 Å². The van der Waals surface area contributed by atoms with E-state index in [0.717, 1.165) is 44.6 Å². The first-order valence-electron chi connectivity index (χ1n) is 8.39. The number of aliphatic hydroxyl groups is 1. The Labute approximate surface area is 132 Å². The van der Waals surface area contributed by atoms with Gasteiger partial charge >= 0.3 is 0 Å². The maximum atomic E-state index is 11.8. The summed E-state index contributed by atoms with van der Waals surface area (Å²) in [6, 6.07) is 2.11. The Hall–Kier alpha value is -1.33. The van der Waals surface area contributed by atoms with Crippen LogP contribution < -0.4 is 5.43 Å². The van der Waals surface area contributed by atoms with E-state index in [4.69, 9.17) is 5.11 Å². The maximum absolute atomic E-state index is 11.8. The van der Waals surface area contributed by atoms with Gasteiger partial charge in [-0.1, -0.05) is 6.42 Å². The number of aromatic nitrogens is 1. The van der Waals surface area contributed by atoms with E-state index in [-0.39, 0.29) is 17.8 Å². The SMILES string of the molecule is CC1CCCCN1Cc1cc(=O)c(O)cn1CCCCCO. The second-order valence-corrected chi connectivity index (χ2v) is 6.31. The van der Waals surface area contributed by atoms with Crippen molar-refractivity contribution in [2.24, 2.45) is 0 Å². The van der Waals surface area contributed by atoms with Crippen molar-refractivity contribution < 1.29 is 10.2 Å². The Morgan fingerprint density at radius 3 is 2.82 bits per heavy atom. The maximum Gasteiger partial charge on any atom is 0.223 e. The average molecular weight is 308 g/mol. The summed E-state index contributed by atoms with van der Waals surface area (Å²) in [6.45, 7) is 5.06. The van der Waals surface area contributed by atoms with Crippen molar-refractivity contribution in [1.29, 1.82) is 0 Å². The highest BCUT2D eigenvalue weighted by Gasteiger charge is 2.19. The number of nitrogens with zero attached hydrogens (tertiary/aromatic N) is 2. The third kappa shape index (κ3) is 4.58.